The van der Waals surface area contributed by atoms with Crippen LogP contribution in [-0.4, -0.2) is 16.7 Å². The Kier molecular flexibility index (Phi) is 5.21. The Labute approximate surface area is 151 Å². The molecular formula is C19H22BrN3O. The maximum Gasteiger partial charge on any atom is 0.133 e. The molecule has 0 fully saturated rings. The van der Waals surface area contributed by atoms with Crippen LogP contribution >= 0.6 is 15.9 Å². The smallest absolute Gasteiger partial charge is 0.133 e. The first-order valence-corrected chi connectivity index (χ1v) is 8.94. The second-order valence-corrected chi connectivity index (χ2v) is 6.63. The number of rotatable bonds is 6. The molecule has 5 heteroatoms. The fraction of sp³-hybridized carbons (Fsp3) is 0.316. The zero-order valence-electron chi connectivity index (χ0n) is 14.2. The summed E-state index contributed by atoms with van der Waals surface area (Å²) >= 11 is 3.54. The molecular weight excluding hydrogens is 366 g/mol. The molecule has 126 valence electrons. The van der Waals surface area contributed by atoms with Crippen LogP contribution in [0.1, 0.15) is 31.3 Å². The zero-order valence-corrected chi connectivity index (χ0v) is 15.8. The molecule has 2 aromatic carbocycles. The predicted octanol–water partition coefficient (Wildman–Crippen LogP) is 4.68. The number of hydrogen-bond acceptors (Lipinski definition) is 3. The van der Waals surface area contributed by atoms with E-state index in [1.807, 2.05) is 12.1 Å². The van der Waals surface area contributed by atoms with Gasteiger partial charge in [0.05, 0.1) is 28.7 Å². The van der Waals surface area contributed by atoms with Crippen LogP contribution in [0.25, 0.3) is 11.0 Å². The summed E-state index contributed by atoms with van der Waals surface area (Å²) in [4.78, 5) is 4.81. The fourth-order valence-electron chi connectivity index (χ4n) is 2.94. The summed E-state index contributed by atoms with van der Waals surface area (Å²) < 4.78 is 8.52. The average Bonchev–Trinajstić information content (AvgIpc) is 2.98. The van der Waals surface area contributed by atoms with Crippen LogP contribution in [-0.2, 0) is 13.1 Å². The zero-order chi connectivity index (χ0) is 17.1. The van der Waals surface area contributed by atoms with Gasteiger partial charge in [-0.05, 0) is 59.6 Å². The van der Waals surface area contributed by atoms with Crippen LogP contribution in [0, 0.1) is 0 Å². The minimum Gasteiger partial charge on any atom is -0.496 e. The number of halogens is 1. The molecule has 1 aromatic heterocycles. The van der Waals surface area contributed by atoms with Gasteiger partial charge in [0.2, 0.25) is 0 Å². The molecule has 0 saturated heterocycles. The van der Waals surface area contributed by atoms with Gasteiger partial charge >= 0.3 is 0 Å². The normalized spacial score (nSPS) is 12.5. The lowest BCUT2D eigenvalue weighted by Crippen LogP contribution is -2.21. The summed E-state index contributed by atoms with van der Waals surface area (Å²) in [6.45, 7) is 6.00. The van der Waals surface area contributed by atoms with Gasteiger partial charge < -0.3 is 14.6 Å². The lowest BCUT2D eigenvalue weighted by Gasteiger charge is -2.16. The van der Waals surface area contributed by atoms with Gasteiger partial charge in [0, 0.05) is 13.1 Å². The van der Waals surface area contributed by atoms with Gasteiger partial charge in [0.1, 0.15) is 11.6 Å². The van der Waals surface area contributed by atoms with Crippen LogP contribution < -0.4 is 10.1 Å². The monoisotopic (exact) mass is 387 g/mol. The topological polar surface area (TPSA) is 39.1 Å². The van der Waals surface area contributed by atoms with Gasteiger partial charge in [0.15, 0.2) is 0 Å². The highest BCUT2D eigenvalue weighted by atomic mass is 79.9. The summed E-state index contributed by atoms with van der Waals surface area (Å²) in [6, 6.07) is 14.6. The van der Waals surface area contributed by atoms with Crippen molar-refractivity contribution in [2.45, 2.75) is 33.0 Å². The van der Waals surface area contributed by atoms with Gasteiger partial charge in [-0.25, -0.2) is 4.98 Å². The predicted molar refractivity (Wildman–Crippen MR) is 101 cm³/mol. The number of methoxy groups -OCH3 is 1. The number of para-hydroxylation sites is 2. The molecule has 1 heterocycles. The highest BCUT2D eigenvalue weighted by Gasteiger charge is 2.15. The summed E-state index contributed by atoms with van der Waals surface area (Å²) in [6.07, 6.45) is 0. The Morgan fingerprint density at radius 3 is 2.75 bits per heavy atom. The maximum absolute atomic E-state index is 5.28. The van der Waals surface area contributed by atoms with Crippen LogP contribution in [0.2, 0.25) is 0 Å². The molecule has 0 bridgehead atoms. The minimum atomic E-state index is 0.165. The van der Waals surface area contributed by atoms with Crippen molar-refractivity contribution in [1.82, 2.24) is 14.9 Å². The highest BCUT2D eigenvalue weighted by Crippen LogP contribution is 2.26. The van der Waals surface area contributed by atoms with Crippen LogP contribution in [0.15, 0.2) is 46.9 Å². The number of fused-ring (bicyclic) bond motifs is 1. The number of nitrogens with one attached hydrogen (secondary N) is 1. The van der Waals surface area contributed by atoms with Crippen LogP contribution in [0.3, 0.4) is 0 Å². The third-order valence-corrected chi connectivity index (χ3v) is 4.84. The molecule has 0 saturated carbocycles. The molecule has 0 aliphatic rings. The van der Waals surface area contributed by atoms with Crippen molar-refractivity contribution in [2.75, 3.05) is 7.11 Å². The Morgan fingerprint density at radius 2 is 2.04 bits per heavy atom. The second kappa shape index (κ2) is 7.36. The van der Waals surface area contributed by atoms with E-state index < -0.39 is 0 Å². The van der Waals surface area contributed by atoms with E-state index in [-0.39, 0.29) is 6.04 Å². The molecule has 0 amide bonds. The number of hydrogen-bond donors (Lipinski definition) is 1. The van der Waals surface area contributed by atoms with Gasteiger partial charge in [0.25, 0.3) is 0 Å². The third-order valence-electron chi connectivity index (χ3n) is 4.22. The molecule has 24 heavy (non-hydrogen) atoms. The van der Waals surface area contributed by atoms with Gasteiger partial charge in [-0.15, -0.1) is 0 Å². The SMILES string of the molecule is CCn1c(C(C)NCc2ccc(OC)c(Br)c2)nc2ccccc21. The summed E-state index contributed by atoms with van der Waals surface area (Å²) in [5.41, 5.74) is 3.44. The first kappa shape index (κ1) is 17.0. The fourth-order valence-corrected chi connectivity index (χ4v) is 3.53. The van der Waals surface area contributed by atoms with Crippen molar-refractivity contribution in [2.24, 2.45) is 0 Å². The van der Waals surface area contributed by atoms with Crippen molar-refractivity contribution in [3.63, 3.8) is 0 Å². The Morgan fingerprint density at radius 1 is 1.25 bits per heavy atom. The molecule has 0 radical (unpaired) electrons. The van der Waals surface area contributed by atoms with Crippen molar-refractivity contribution in [1.29, 1.82) is 0 Å². The first-order chi connectivity index (χ1) is 11.6. The molecule has 0 aliphatic carbocycles. The van der Waals surface area contributed by atoms with E-state index in [1.54, 1.807) is 7.11 Å². The molecule has 1 unspecified atom stereocenters. The molecule has 4 nitrogen and oxygen atoms in total. The largest absolute Gasteiger partial charge is 0.496 e. The standard InChI is InChI=1S/C19H22BrN3O/c1-4-23-17-8-6-5-7-16(17)22-19(23)13(2)21-12-14-9-10-18(24-3)15(20)11-14/h5-11,13,21H,4,12H2,1-3H3. The van der Waals surface area contributed by atoms with Crippen molar-refractivity contribution in [3.05, 3.63) is 58.3 Å². The number of ether oxygens (including phenoxy) is 1. The number of nitrogens with zero attached hydrogens (tertiary/aromatic N) is 2. The molecule has 1 atom stereocenters. The summed E-state index contributed by atoms with van der Waals surface area (Å²) in [7, 11) is 1.68. The van der Waals surface area contributed by atoms with Gasteiger partial charge in [-0.3, -0.25) is 0 Å². The minimum absolute atomic E-state index is 0.165. The summed E-state index contributed by atoms with van der Waals surface area (Å²) in [5.74, 6) is 1.92. The number of aromatic nitrogens is 2. The quantitative estimate of drug-likeness (QED) is 0.667. The van der Waals surface area contributed by atoms with E-state index in [0.717, 1.165) is 34.7 Å². The van der Waals surface area contributed by atoms with Crippen molar-refractivity contribution < 1.29 is 4.74 Å². The number of imidazole rings is 1. The van der Waals surface area contributed by atoms with E-state index in [9.17, 15) is 0 Å². The highest BCUT2D eigenvalue weighted by molar-refractivity contribution is 9.10. The Balaban J connectivity index is 1.78. The van der Waals surface area contributed by atoms with E-state index in [1.165, 1.54) is 11.1 Å². The van der Waals surface area contributed by atoms with Crippen LogP contribution in [0.4, 0.5) is 0 Å². The second-order valence-electron chi connectivity index (χ2n) is 5.77. The molecule has 3 aromatic rings. The molecule has 3 rings (SSSR count). The van der Waals surface area contributed by atoms with E-state index in [0.29, 0.717) is 0 Å². The Hall–Kier alpha value is -1.85. The Bertz CT molecular complexity index is 844. The lowest BCUT2D eigenvalue weighted by atomic mass is 10.2. The van der Waals surface area contributed by atoms with Crippen LogP contribution in [0.5, 0.6) is 5.75 Å². The molecule has 1 N–H and O–H groups in total. The average molecular weight is 388 g/mol. The molecule has 0 aliphatic heterocycles. The first-order valence-electron chi connectivity index (χ1n) is 8.15. The molecule has 0 spiro atoms. The van der Waals surface area contributed by atoms with E-state index in [4.69, 9.17) is 9.72 Å². The van der Waals surface area contributed by atoms with Gasteiger partial charge in [-0.1, -0.05) is 18.2 Å². The lowest BCUT2D eigenvalue weighted by molar-refractivity contribution is 0.412. The van der Waals surface area contributed by atoms with Gasteiger partial charge in [-0.2, -0.15) is 0 Å². The van der Waals surface area contributed by atoms with E-state index >= 15 is 0 Å². The van der Waals surface area contributed by atoms with Crippen molar-refractivity contribution in [3.8, 4) is 5.75 Å². The number of benzene rings is 2. The van der Waals surface area contributed by atoms with Crippen molar-refractivity contribution >= 4 is 27.0 Å². The number of aryl methyl sites for hydroxylation is 1. The third kappa shape index (κ3) is 3.32. The summed E-state index contributed by atoms with van der Waals surface area (Å²) in [5, 5.41) is 3.57. The maximum atomic E-state index is 5.28. The van der Waals surface area contributed by atoms with E-state index in [2.05, 4.69) is 70.0 Å².